The van der Waals surface area contributed by atoms with Crippen molar-refractivity contribution in [2.75, 3.05) is 13.1 Å². The fraction of sp³-hybridized carbons (Fsp3) is 0.440. The largest absolute Gasteiger partial charge is 0.299 e. The summed E-state index contributed by atoms with van der Waals surface area (Å²) in [6, 6.07) is 8.40. The van der Waals surface area contributed by atoms with Gasteiger partial charge in [-0.05, 0) is 60.5 Å². The van der Waals surface area contributed by atoms with Crippen molar-refractivity contribution in [3.8, 4) is 0 Å². The SMILES string of the molecule is O=C1CCC(N2Cc3ccc(CN4CCC(c5ncc6ccsc6n5)CC4)cc3C2S)C(=O)N1. The van der Waals surface area contributed by atoms with E-state index in [1.165, 1.54) is 16.7 Å². The summed E-state index contributed by atoms with van der Waals surface area (Å²) >= 11 is 6.54. The molecule has 3 aliphatic rings. The Balaban J connectivity index is 1.09. The molecular weight excluding hydrogens is 466 g/mol. The number of nitrogens with one attached hydrogen (secondary N) is 1. The monoisotopic (exact) mass is 493 g/mol. The van der Waals surface area contributed by atoms with Crippen molar-refractivity contribution >= 4 is 46.0 Å². The number of carbonyl (C=O) groups excluding carboxylic acids is 2. The maximum absolute atomic E-state index is 12.4. The van der Waals surface area contributed by atoms with Gasteiger partial charge in [0.2, 0.25) is 11.8 Å². The van der Waals surface area contributed by atoms with Crippen molar-refractivity contribution in [3.63, 3.8) is 0 Å². The second-order valence-corrected chi connectivity index (χ2v) is 10.9. The number of piperidine rings is 2. The molecule has 9 heteroatoms. The van der Waals surface area contributed by atoms with Crippen LogP contribution in [0.15, 0.2) is 35.8 Å². The van der Waals surface area contributed by atoms with Crippen LogP contribution in [0, 0.1) is 0 Å². The highest BCUT2D eigenvalue weighted by Gasteiger charge is 2.39. The lowest BCUT2D eigenvalue weighted by Crippen LogP contribution is -2.51. The fourth-order valence-electron chi connectivity index (χ4n) is 5.44. The van der Waals surface area contributed by atoms with Gasteiger partial charge < -0.3 is 0 Å². The van der Waals surface area contributed by atoms with E-state index in [2.05, 4.69) is 49.7 Å². The van der Waals surface area contributed by atoms with Gasteiger partial charge in [0.15, 0.2) is 0 Å². The average Bonchev–Trinajstić information content (AvgIpc) is 3.44. The molecule has 176 valence electrons. The number of carbonyl (C=O) groups is 2. The number of nitrogens with zero attached hydrogens (tertiary/aromatic N) is 4. The van der Waals surface area contributed by atoms with Gasteiger partial charge in [0, 0.05) is 37.0 Å². The van der Waals surface area contributed by atoms with E-state index in [-0.39, 0.29) is 23.2 Å². The molecule has 0 spiro atoms. The third-order valence-electron chi connectivity index (χ3n) is 7.35. The standard InChI is InChI=1S/C25H27N5O2S2/c31-21-4-3-20(23(32)27-21)30-14-18-2-1-15(11-19(18)25(30)33)13-29-8-5-16(6-9-29)22-26-12-17-7-10-34-24(17)28-22/h1-2,7,10-12,16,20,25,33H,3-6,8-9,13-14H2,(H,27,31,32). The Hall–Kier alpha value is -2.33. The van der Waals surface area contributed by atoms with Crippen LogP contribution in [0.2, 0.25) is 0 Å². The minimum Gasteiger partial charge on any atom is -0.299 e. The van der Waals surface area contributed by atoms with Gasteiger partial charge in [-0.25, -0.2) is 9.97 Å². The predicted octanol–water partition coefficient (Wildman–Crippen LogP) is 3.62. The second-order valence-electron chi connectivity index (χ2n) is 9.51. The van der Waals surface area contributed by atoms with Gasteiger partial charge in [0.05, 0.1) is 11.4 Å². The molecule has 3 aliphatic heterocycles. The summed E-state index contributed by atoms with van der Waals surface area (Å²) in [5.41, 5.74) is 3.67. The van der Waals surface area contributed by atoms with E-state index in [1.54, 1.807) is 11.3 Å². The zero-order valence-corrected chi connectivity index (χ0v) is 20.5. The molecule has 3 aromatic rings. The summed E-state index contributed by atoms with van der Waals surface area (Å²) in [5.74, 6) is 1.03. The molecule has 2 aromatic heterocycles. The van der Waals surface area contributed by atoms with Crippen LogP contribution in [-0.2, 0) is 22.7 Å². The lowest BCUT2D eigenvalue weighted by molar-refractivity contribution is -0.137. The molecule has 7 nitrogen and oxygen atoms in total. The number of hydrogen-bond acceptors (Lipinski definition) is 8. The molecule has 1 aromatic carbocycles. The van der Waals surface area contributed by atoms with Gasteiger partial charge in [0.1, 0.15) is 10.7 Å². The van der Waals surface area contributed by atoms with Crippen molar-refractivity contribution in [3.05, 3.63) is 58.4 Å². The summed E-state index contributed by atoms with van der Waals surface area (Å²) in [7, 11) is 0. The van der Waals surface area contributed by atoms with Crippen molar-refractivity contribution < 1.29 is 9.59 Å². The molecule has 34 heavy (non-hydrogen) atoms. The molecule has 2 unspecified atom stereocenters. The van der Waals surface area contributed by atoms with Crippen LogP contribution in [0.4, 0.5) is 0 Å². The number of benzene rings is 1. The van der Waals surface area contributed by atoms with Crippen LogP contribution >= 0.6 is 24.0 Å². The quantitative estimate of drug-likeness (QED) is 0.427. The average molecular weight is 494 g/mol. The van der Waals surface area contributed by atoms with E-state index < -0.39 is 0 Å². The Bertz CT molecular complexity index is 1250. The molecule has 5 heterocycles. The Morgan fingerprint density at radius 3 is 2.82 bits per heavy atom. The summed E-state index contributed by atoms with van der Waals surface area (Å²) in [5, 5.41) is 5.54. The molecular formula is C25H27N5O2S2. The highest BCUT2D eigenvalue weighted by atomic mass is 32.1. The minimum atomic E-state index is -0.300. The Kier molecular flexibility index (Phi) is 5.89. The summed E-state index contributed by atoms with van der Waals surface area (Å²) < 4.78 is 0. The molecule has 0 saturated carbocycles. The van der Waals surface area contributed by atoms with E-state index in [0.717, 1.165) is 48.5 Å². The fourth-order valence-corrected chi connectivity index (χ4v) is 6.67. The van der Waals surface area contributed by atoms with E-state index in [0.29, 0.717) is 25.3 Å². The zero-order chi connectivity index (χ0) is 23.2. The highest BCUT2D eigenvalue weighted by Crippen LogP contribution is 2.40. The molecule has 2 atom stereocenters. The number of amides is 2. The molecule has 6 rings (SSSR count). The van der Waals surface area contributed by atoms with Crippen molar-refractivity contribution in [2.45, 2.75) is 56.1 Å². The van der Waals surface area contributed by atoms with Crippen LogP contribution in [0.3, 0.4) is 0 Å². The van der Waals surface area contributed by atoms with Crippen molar-refractivity contribution in [1.29, 1.82) is 0 Å². The first kappa shape index (κ1) is 22.2. The molecule has 0 radical (unpaired) electrons. The summed E-state index contributed by atoms with van der Waals surface area (Å²) in [6.07, 6.45) is 5.04. The van der Waals surface area contributed by atoms with E-state index in [4.69, 9.17) is 17.6 Å². The number of hydrogen-bond donors (Lipinski definition) is 2. The maximum atomic E-state index is 12.4. The van der Waals surface area contributed by atoms with Crippen LogP contribution in [0.5, 0.6) is 0 Å². The molecule has 2 amide bonds. The first-order valence-electron chi connectivity index (χ1n) is 11.9. The predicted molar refractivity (Wildman–Crippen MR) is 135 cm³/mol. The topological polar surface area (TPSA) is 78.4 Å². The highest BCUT2D eigenvalue weighted by molar-refractivity contribution is 7.80. The number of aromatic nitrogens is 2. The normalized spacial score (nSPS) is 24.5. The first-order valence-corrected chi connectivity index (χ1v) is 13.3. The third kappa shape index (κ3) is 4.15. The number of imide groups is 1. The number of rotatable bonds is 4. The Labute approximate surface area is 208 Å². The minimum absolute atomic E-state index is 0.131. The molecule has 0 aliphatic carbocycles. The smallest absolute Gasteiger partial charge is 0.243 e. The van der Waals surface area contributed by atoms with Crippen LogP contribution < -0.4 is 5.32 Å². The second kappa shape index (κ2) is 9.03. The molecule has 1 N–H and O–H groups in total. The zero-order valence-electron chi connectivity index (χ0n) is 18.8. The van der Waals surface area contributed by atoms with Crippen molar-refractivity contribution in [1.82, 2.24) is 25.1 Å². The Morgan fingerprint density at radius 2 is 2.00 bits per heavy atom. The molecule has 0 bridgehead atoms. The number of fused-ring (bicyclic) bond motifs is 2. The third-order valence-corrected chi connectivity index (χ3v) is 8.75. The van der Waals surface area contributed by atoms with E-state index >= 15 is 0 Å². The van der Waals surface area contributed by atoms with Gasteiger partial charge in [-0.15, -0.1) is 11.3 Å². The van der Waals surface area contributed by atoms with Gasteiger partial charge in [0.25, 0.3) is 0 Å². The van der Waals surface area contributed by atoms with Gasteiger partial charge >= 0.3 is 0 Å². The number of thiophene rings is 1. The van der Waals surface area contributed by atoms with E-state index in [9.17, 15) is 9.59 Å². The number of thiol groups is 1. The van der Waals surface area contributed by atoms with Crippen LogP contribution in [0.1, 0.15) is 59.5 Å². The summed E-state index contributed by atoms with van der Waals surface area (Å²) in [6.45, 7) is 3.65. The lowest BCUT2D eigenvalue weighted by atomic mass is 9.95. The lowest BCUT2D eigenvalue weighted by Gasteiger charge is -2.32. The first-order chi connectivity index (χ1) is 16.5. The molecule has 2 saturated heterocycles. The molecule has 2 fully saturated rings. The maximum Gasteiger partial charge on any atom is 0.243 e. The van der Waals surface area contributed by atoms with Crippen LogP contribution in [-0.4, -0.2) is 50.7 Å². The van der Waals surface area contributed by atoms with Crippen LogP contribution in [0.25, 0.3) is 10.2 Å². The Morgan fingerprint density at radius 1 is 1.15 bits per heavy atom. The summed E-state index contributed by atoms with van der Waals surface area (Å²) in [4.78, 5) is 39.0. The number of likely N-dealkylation sites (tertiary alicyclic amines) is 1. The van der Waals surface area contributed by atoms with Gasteiger partial charge in [-0.3, -0.25) is 24.7 Å². The van der Waals surface area contributed by atoms with Crippen molar-refractivity contribution in [2.24, 2.45) is 0 Å². The van der Waals surface area contributed by atoms with Gasteiger partial charge in [-0.2, -0.15) is 12.6 Å². The van der Waals surface area contributed by atoms with Gasteiger partial charge in [-0.1, -0.05) is 18.2 Å². The van der Waals surface area contributed by atoms with E-state index in [1.807, 2.05) is 6.20 Å².